The highest BCUT2D eigenvalue weighted by Gasteiger charge is 2.16. The second-order valence-electron chi connectivity index (χ2n) is 4.71. The number of anilines is 1. The fourth-order valence-corrected chi connectivity index (χ4v) is 2.09. The van der Waals surface area contributed by atoms with Crippen LogP contribution in [0.3, 0.4) is 0 Å². The maximum absolute atomic E-state index is 12.2. The van der Waals surface area contributed by atoms with Gasteiger partial charge in [-0.05, 0) is 30.7 Å². The number of para-hydroxylation sites is 1. The lowest BCUT2D eigenvalue weighted by molar-refractivity contribution is 0.0937. The number of methoxy groups -OCH3 is 1. The van der Waals surface area contributed by atoms with Crippen LogP contribution < -0.4 is 15.8 Å². The van der Waals surface area contributed by atoms with Crippen molar-refractivity contribution in [2.75, 3.05) is 12.8 Å². The summed E-state index contributed by atoms with van der Waals surface area (Å²) in [6.07, 6.45) is 0. The Kier molecular flexibility index (Phi) is 4.33. The first-order chi connectivity index (χ1) is 10.0. The summed E-state index contributed by atoms with van der Waals surface area (Å²) in [7, 11) is 1.49. The van der Waals surface area contributed by atoms with E-state index in [2.05, 4.69) is 5.32 Å². The zero-order chi connectivity index (χ0) is 15.4. The first kappa shape index (κ1) is 14.7. The van der Waals surface area contributed by atoms with Gasteiger partial charge in [0.2, 0.25) is 0 Å². The van der Waals surface area contributed by atoms with Gasteiger partial charge in [0.1, 0.15) is 11.5 Å². The van der Waals surface area contributed by atoms with Crippen LogP contribution in [0.25, 0.3) is 0 Å². The molecule has 0 fully saturated rings. The maximum atomic E-state index is 12.2. The molecule has 21 heavy (non-hydrogen) atoms. The van der Waals surface area contributed by atoms with E-state index in [0.717, 1.165) is 5.56 Å². The van der Waals surface area contributed by atoms with Gasteiger partial charge in [-0.3, -0.25) is 4.79 Å². The molecule has 0 spiro atoms. The molecule has 0 aromatic heterocycles. The molecule has 5 nitrogen and oxygen atoms in total. The van der Waals surface area contributed by atoms with Crippen molar-refractivity contribution in [3.8, 4) is 11.5 Å². The molecule has 2 rings (SSSR count). The maximum Gasteiger partial charge on any atom is 0.255 e. The van der Waals surface area contributed by atoms with Crippen molar-refractivity contribution >= 4 is 11.6 Å². The number of nitrogens with two attached hydrogens (primary N) is 1. The van der Waals surface area contributed by atoms with Gasteiger partial charge in [0.15, 0.2) is 0 Å². The molecular formula is C16H18N2O3. The number of carbonyl (C=O) groups is 1. The fourth-order valence-electron chi connectivity index (χ4n) is 2.09. The lowest BCUT2D eigenvalue weighted by atomic mass is 10.1. The summed E-state index contributed by atoms with van der Waals surface area (Å²) < 4.78 is 4.99. The molecule has 0 aliphatic heterocycles. The number of phenols is 1. The van der Waals surface area contributed by atoms with E-state index < -0.39 is 0 Å². The van der Waals surface area contributed by atoms with E-state index in [-0.39, 0.29) is 23.3 Å². The molecule has 2 aromatic carbocycles. The lowest BCUT2D eigenvalue weighted by Crippen LogP contribution is -2.27. The van der Waals surface area contributed by atoms with Crippen LogP contribution in [-0.2, 0) is 0 Å². The molecule has 0 radical (unpaired) electrons. The van der Waals surface area contributed by atoms with Crippen molar-refractivity contribution in [1.82, 2.24) is 5.32 Å². The largest absolute Gasteiger partial charge is 0.507 e. The zero-order valence-corrected chi connectivity index (χ0v) is 12.0. The molecule has 1 atom stereocenters. The highest BCUT2D eigenvalue weighted by atomic mass is 16.5. The third kappa shape index (κ3) is 3.25. The zero-order valence-electron chi connectivity index (χ0n) is 12.0. The predicted octanol–water partition coefficient (Wildman–Crippen LogP) is 2.47. The van der Waals surface area contributed by atoms with E-state index in [4.69, 9.17) is 10.5 Å². The van der Waals surface area contributed by atoms with Gasteiger partial charge in [0, 0.05) is 11.8 Å². The lowest BCUT2D eigenvalue weighted by Gasteiger charge is -2.16. The number of aromatic hydroxyl groups is 1. The Morgan fingerprint density at radius 3 is 2.62 bits per heavy atom. The van der Waals surface area contributed by atoms with Crippen molar-refractivity contribution in [2.45, 2.75) is 13.0 Å². The van der Waals surface area contributed by atoms with Gasteiger partial charge in [0.05, 0.1) is 18.7 Å². The molecule has 0 aliphatic carbocycles. The molecule has 0 bridgehead atoms. The summed E-state index contributed by atoms with van der Waals surface area (Å²) in [5, 5.41) is 12.7. The number of amides is 1. The number of nitrogen functional groups attached to an aromatic ring is 1. The van der Waals surface area contributed by atoms with Crippen LogP contribution in [-0.4, -0.2) is 18.1 Å². The van der Waals surface area contributed by atoms with Gasteiger partial charge in [-0.25, -0.2) is 0 Å². The molecular weight excluding hydrogens is 268 g/mol. The summed E-state index contributed by atoms with van der Waals surface area (Å²) >= 11 is 0. The number of hydrogen-bond acceptors (Lipinski definition) is 4. The molecule has 2 aromatic rings. The summed E-state index contributed by atoms with van der Waals surface area (Å²) in [5.74, 6) is -0.00427. The van der Waals surface area contributed by atoms with Crippen LogP contribution in [0.1, 0.15) is 28.9 Å². The number of benzene rings is 2. The van der Waals surface area contributed by atoms with Gasteiger partial charge in [-0.1, -0.05) is 18.2 Å². The molecule has 110 valence electrons. The summed E-state index contributed by atoms with van der Waals surface area (Å²) in [6.45, 7) is 1.84. The molecule has 0 heterocycles. The van der Waals surface area contributed by atoms with Gasteiger partial charge in [0.25, 0.3) is 5.91 Å². The van der Waals surface area contributed by atoms with Gasteiger partial charge in [-0.15, -0.1) is 0 Å². The van der Waals surface area contributed by atoms with Crippen molar-refractivity contribution < 1.29 is 14.6 Å². The van der Waals surface area contributed by atoms with Crippen molar-refractivity contribution in [3.63, 3.8) is 0 Å². The minimum absolute atomic E-state index is 0.125. The Bertz CT molecular complexity index is 656. The van der Waals surface area contributed by atoms with E-state index in [1.54, 1.807) is 12.1 Å². The highest BCUT2D eigenvalue weighted by Crippen LogP contribution is 2.25. The van der Waals surface area contributed by atoms with Crippen LogP contribution in [0.2, 0.25) is 0 Å². The van der Waals surface area contributed by atoms with Crippen LogP contribution in [0.5, 0.6) is 11.5 Å². The Hall–Kier alpha value is -2.69. The third-order valence-electron chi connectivity index (χ3n) is 3.26. The highest BCUT2D eigenvalue weighted by molar-refractivity contribution is 5.97. The second-order valence-corrected chi connectivity index (χ2v) is 4.71. The quantitative estimate of drug-likeness (QED) is 0.754. The van der Waals surface area contributed by atoms with E-state index >= 15 is 0 Å². The number of nitrogens with one attached hydrogen (secondary N) is 1. The SMILES string of the molecule is COc1ccc(C(=O)NC(C)c2ccccc2N)c(O)c1. The molecule has 4 N–H and O–H groups in total. The predicted molar refractivity (Wildman–Crippen MR) is 81.4 cm³/mol. The molecule has 1 amide bonds. The van der Waals surface area contributed by atoms with Crippen molar-refractivity contribution in [3.05, 3.63) is 53.6 Å². The molecule has 0 saturated heterocycles. The summed E-state index contributed by atoms with van der Waals surface area (Å²) in [6, 6.07) is 11.6. The topological polar surface area (TPSA) is 84.6 Å². The second kappa shape index (κ2) is 6.17. The first-order valence-corrected chi connectivity index (χ1v) is 6.55. The minimum Gasteiger partial charge on any atom is -0.507 e. The van der Waals surface area contributed by atoms with Crippen LogP contribution in [0.4, 0.5) is 5.69 Å². The normalized spacial score (nSPS) is 11.7. The van der Waals surface area contributed by atoms with Gasteiger partial charge < -0.3 is 20.9 Å². The Morgan fingerprint density at radius 1 is 1.29 bits per heavy atom. The average molecular weight is 286 g/mol. The molecule has 0 aliphatic rings. The Balaban J connectivity index is 2.16. The van der Waals surface area contributed by atoms with E-state index in [0.29, 0.717) is 11.4 Å². The van der Waals surface area contributed by atoms with E-state index in [1.165, 1.54) is 19.2 Å². The summed E-state index contributed by atoms with van der Waals surface area (Å²) in [4.78, 5) is 12.2. The van der Waals surface area contributed by atoms with Crippen LogP contribution in [0, 0.1) is 0 Å². The monoisotopic (exact) mass is 286 g/mol. The smallest absolute Gasteiger partial charge is 0.255 e. The van der Waals surface area contributed by atoms with Crippen molar-refractivity contribution in [1.29, 1.82) is 0 Å². The number of phenolic OH excluding ortho intramolecular Hbond substituents is 1. The van der Waals surface area contributed by atoms with Gasteiger partial charge in [-0.2, -0.15) is 0 Å². The Morgan fingerprint density at radius 2 is 2.00 bits per heavy atom. The first-order valence-electron chi connectivity index (χ1n) is 6.55. The van der Waals surface area contributed by atoms with E-state index in [1.807, 2.05) is 25.1 Å². The number of ether oxygens (including phenoxy) is 1. The number of hydrogen-bond donors (Lipinski definition) is 3. The summed E-state index contributed by atoms with van der Waals surface area (Å²) in [5.41, 5.74) is 7.53. The minimum atomic E-state index is -0.370. The van der Waals surface area contributed by atoms with Crippen LogP contribution >= 0.6 is 0 Å². The molecule has 0 saturated carbocycles. The fraction of sp³-hybridized carbons (Fsp3) is 0.188. The standard InChI is InChI=1S/C16H18N2O3/c1-10(12-5-3-4-6-14(12)17)18-16(20)13-8-7-11(21-2)9-15(13)19/h3-10,19H,17H2,1-2H3,(H,18,20). The average Bonchev–Trinajstić information content (AvgIpc) is 2.47. The third-order valence-corrected chi connectivity index (χ3v) is 3.26. The molecule has 1 unspecified atom stereocenters. The number of rotatable bonds is 4. The Labute approximate surface area is 123 Å². The van der Waals surface area contributed by atoms with Crippen LogP contribution in [0.15, 0.2) is 42.5 Å². The number of carbonyl (C=O) groups excluding carboxylic acids is 1. The van der Waals surface area contributed by atoms with E-state index in [9.17, 15) is 9.90 Å². The van der Waals surface area contributed by atoms with Crippen molar-refractivity contribution in [2.24, 2.45) is 0 Å². The molecule has 5 heteroatoms. The van der Waals surface area contributed by atoms with Gasteiger partial charge >= 0.3 is 0 Å².